The van der Waals surface area contributed by atoms with Crippen molar-refractivity contribution in [2.75, 3.05) is 0 Å². The third-order valence-electron chi connectivity index (χ3n) is 3.84. The zero-order chi connectivity index (χ0) is 10.3. The third kappa shape index (κ3) is 1.69. The molecule has 3 N–H and O–H groups in total. The van der Waals surface area contributed by atoms with Crippen molar-refractivity contribution in [3.63, 3.8) is 0 Å². The van der Waals surface area contributed by atoms with Crippen LogP contribution in [0.1, 0.15) is 55.2 Å². The first kappa shape index (κ1) is 9.40. The van der Waals surface area contributed by atoms with Crippen LogP contribution in [0.25, 0.3) is 0 Å². The minimum Gasteiger partial charge on any atom is -0.345 e. The van der Waals surface area contributed by atoms with Crippen LogP contribution in [0.5, 0.6) is 0 Å². The predicted octanol–water partition coefficient (Wildman–Crippen LogP) is 1.88. The van der Waals surface area contributed by atoms with E-state index in [4.69, 9.17) is 10.7 Å². The Balaban J connectivity index is 1.85. The van der Waals surface area contributed by atoms with E-state index < -0.39 is 0 Å². The minimum absolute atomic E-state index is 0.342. The van der Waals surface area contributed by atoms with E-state index >= 15 is 0 Å². The van der Waals surface area contributed by atoms with Crippen molar-refractivity contribution >= 4 is 0 Å². The number of aromatic nitrogens is 2. The lowest BCUT2D eigenvalue weighted by Gasteiger charge is -2.16. The molecule has 3 nitrogen and oxygen atoms in total. The lowest BCUT2D eigenvalue weighted by molar-refractivity contribution is 0.565. The maximum atomic E-state index is 5.96. The van der Waals surface area contributed by atoms with Crippen LogP contribution in [0.2, 0.25) is 0 Å². The number of nitrogens with two attached hydrogens (primary N) is 1. The zero-order valence-electron chi connectivity index (χ0n) is 9.13. The number of nitrogens with one attached hydrogen (secondary N) is 1. The molecule has 0 radical (unpaired) electrons. The maximum Gasteiger partial charge on any atom is 0.109 e. The molecule has 2 aliphatic rings. The van der Waals surface area contributed by atoms with Crippen molar-refractivity contribution in [1.82, 2.24) is 9.97 Å². The molecule has 0 amide bonds. The molecule has 1 atom stereocenters. The molecule has 1 aromatic rings. The largest absolute Gasteiger partial charge is 0.345 e. The summed E-state index contributed by atoms with van der Waals surface area (Å²) in [5.41, 5.74) is 8.57. The second kappa shape index (κ2) is 3.63. The summed E-state index contributed by atoms with van der Waals surface area (Å²) in [6, 6.07) is 0.342. The summed E-state index contributed by atoms with van der Waals surface area (Å²) in [7, 11) is 0. The van der Waals surface area contributed by atoms with Gasteiger partial charge in [0.15, 0.2) is 0 Å². The first-order valence-corrected chi connectivity index (χ1v) is 6.16. The van der Waals surface area contributed by atoms with E-state index in [-0.39, 0.29) is 0 Å². The fourth-order valence-electron chi connectivity index (χ4n) is 2.92. The van der Waals surface area contributed by atoms with Crippen molar-refractivity contribution in [3.8, 4) is 0 Å². The fraction of sp³-hybridized carbons (Fsp3) is 0.750. The first-order chi connectivity index (χ1) is 7.33. The normalized spacial score (nSPS) is 26.9. The molecule has 1 heterocycles. The van der Waals surface area contributed by atoms with Crippen LogP contribution in [0.4, 0.5) is 0 Å². The SMILES string of the molecule is N[C@@H]1CCc2nc(C3CCCC3)[nH]c2C1. The number of aryl methyl sites for hydroxylation is 1. The molecule has 82 valence electrons. The molecule has 1 aromatic heterocycles. The van der Waals surface area contributed by atoms with Crippen LogP contribution < -0.4 is 5.73 Å². The molecule has 0 aromatic carbocycles. The van der Waals surface area contributed by atoms with Crippen LogP contribution in [0.15, 0.2) is 0 Å². The average molecular weight is 205 g/mol. The van der Waals surface area contributed by atoms with Crippen LogP contribution >= 0.6 is 0 Å². The highest BCUT2D eigenvalue weighted by Crippen LogP contribution is 2.33. The number of aromatic amines is 1. The van der Waals surface area contributed by atoms with Gasteiger partial charge in [-0.1, -0.05) is 12.8 Å². The van der Waals surface area contributed by atoms with Gasteiger partial charge in [-0.25, -0.2) is 4.98 Å². The number of imidazole rings is 1. The number of hydrogen-bond donors (Lipinski definition) is 2. The summed E-state index contributed by atoms with van der Waals surface area (Å²) in [6.07, 6.45) is 8.54. The molecule has 0 spiro atoms. The van der Waals surface area contributed by atoms with Gasteiger partial charge in [-0.15, -0.1) is 0 Å². The Bertz CT molecular complexity index is 350. The Hall–Kier alpha value is -0.830. The van der Waals surface area contributed by atoms with Crippen LogP contribution in [-0.4, -0.2) is 16.0 Å². The lowest BCUT2D eigenvalue weighted by Crippen LogP contribution is -2.27. The van der Waals surface area contributed by atoms with Gasteiger partial charge in [0, 0.05) is 24.1 Å². The number of H-pyrrole nitrogens is 1. The van der Waals surface area contributed by atoms with Gasteiger partial charge in [-0.2, -0.15) is 0 Å². The highest BCUT2D eigenvalue weighted by Gasteiger charge is 2.24. The Morgan fingerprint density at radius 2 is 2.00 bits per heavy atom. The highest BCUT2D eigenvalue weighted by molar-refractivity contribution is 5.21. The quantitative estimate of drug-likeness (QED) is 0.735. The summed E-state index contributed by atoms with van der Waals surface area (Å²) in [4.78, 5) is 8.27. The van der Waals surface area contributed by atoms with Gasteiger partial charge >= 0.3 is 0 Å². The molecular formula is C12H19N3. The molecule has 1 saturated carbocycles. The van der Waals surface area contributed by atoms with Gasteiger partial charge in [0.1, 0.15) is 5.82 Å². The first-order valence-electron chi connectivity index (χ1n) is 6.16. The van der Waals surface area contributed by atoms with Gasteiger partial charge < -0.3 is 10.7 Å². The maximum absolute atomic E-state index is 5.96. The van der Waals surface area contributed by atoms with Crippen molar-refractivity contribution in [2.24, 2.45) is 5.73 Å². The number of fused-ring (bicyclic) bond motifs is 1. The number of rotatable bonds is 1. The predicted molar refractivity (Wildman–Crippen MR) is 59.8 cm³/mol. The van der Waals surface area contributed by atoms with Crippen LogP contribution in [-0.2, 0) is 12.8 Å². The Kier molecular flexibility index (Phi) is 2.28. The highest BCUT2D eigenvalue weighted by atomic mass is 15.0. The second-order valence-electron chi connectivity index (χ2n) is 5.03. The van der Waals surface area contributed by atoms with E-state index in [1.165, 1.54) is 42.9 Å². The molecular weight excluding hydrogens is 186 g/mol. The minimum atomic E-state index is 0.342. The van der Waals surface area contributed by atoms with Crippen molar-refractivity contribution < 1.29 is 0 Å². The molecule has 3 rings (SSSR count). The number of hydrogen-bond acceptors (Lipinski definition) is 2. The molecule has 2 aliphatic carbocycles. The van der Waals surface area contributed by atoms with Crippen LogP contribution in [0.3, 0.4) is 0 Å². The molecule has 0 saturated heterocycles. The molecule has 0 aliphatic heterocycles. The molecule has 0 bridgehead atoms. The standard InChI is InChI=1S/C12H19N3/c13-9-5-6-10-11(7-9)15-12(14-10)8-3-1-2-4-8/h8-9H,1-7,13H2,(H,14,15)/t9-/m1/s1. The van der Waals surface area contributed by atoms with E-state index in [9.17, 15) is 0 Å². The van der Waals surface area contributed by atoms with Crippen molar-refractivity contribution in [1.29, 1.82) is 0 Å². The Labute approximate surface area is 90.5 Å². The zero-order valence-corrected chi connectivity index (χ0v) is 9.13. The molecule has 15 heavy (non-hydrogen) atoms. The number of nitrogens with zero attached hydrogens (tertiary/aromatic N) is 1. The monoisotopic (exact) mass is 205 g/mol. The molecule has 0 unspecified atom stereocenters. The third-order valence-corrected chi connectivity index (χ3v) is 3.84. The topological polar surface area (TPSA) is 54.7 Å². The summed E-state index contributed by atoms with van der Waals surface area (Å²) in [5.74, 6) is 1.94. The van der Waals surface area contributed by atoms with Gasteiger partial charge in [0.25, 0.3) is 0 Å². The smallest absolute Gasteiger partial charge is 0.109 e. The van der Waals surface area contributed by atoms with Crippen molar-refractivity contribution in [2.45, 2.75) is 56.9 Å². The summed E-state index contributed by atoms with van der Waals surface area (Å²) >= 11 is 0. The van der Waals surface area contributed by atoms with Crippen molar-refractivity contribution in [3.05, 3.63) is 17.2 Å². The van der Waals surface area contributed by atoms with E-state index in [0.29, 0.717) is 12.0 Å². The van der Waals surface area contributed by atoms with Crippen LogP contribution in [0, 0.1) is 0 Å². The summed E-state index contributed by atoms with van der Waals surface area (Å²) < 4.78 is 0. The Morgan fingerprint density at radius 3 is 2.80 bits per heavy atom. The summed E-state index contributed by atoms with van der Waals surface area (Å²) in [5, 5.41) is 0. The van der Waals surface area contributed by atoms with E-state index in [1.54, 1.807) is 0 Å². The Morgan fingerprint density at radius 1 is 1.20 bits per heavy atom. The average Bonchev–Trinajstić information content (AvgIpc) is 2.84. The van der Waals surface area contributed by atoms with E-state index in [2.05, 4.69) is 4.98 Å². The van der Waals surface area contributed by atoms with E-state index in [1.807, 2.05) is 0 Å². The van der Waals surface area contributed by atoms with Gasteiger partial charge in [-0.3, -0.25) is 0 Å². The van der Waals surface area contributed by atoms with Gasteiger partial charge in [-0.05, 0) is 25.7 Å². The van der Waals surface area contributed by atoms with Gasteiger partial charge in [0.05, 0.1) is 5.69 Å². The lowest BCUT2D eigenvalue weighted by atomic mass is 9.97. The summed E-state index contributed by atoms with van der Waals surface area (Å²) in [6.45, 7) is 0. The molecule has 3 heteroatoms. The van der Waals surface area contributed by atoms with Gasteiger partial charge in [0.2, 0.25) is 0 Å². The second-order valence-corrected chi connectivity index (χ2v) is 5.03. The fourth-order valence-corrected chi connectivity index (χ4v) is 2.92. The molecule has 1 fully saturated rings. The van der Waals surface area contributed by atoms with E-state index in [0.717, 1.165) is 19.3 Å².